The number of anilines is 1. The van der Waals surface area contributed by atoms with Crippen LogP contribution in [-0.4, -0.2) is 60.8 Å². The third kappa shape index (κ3) is 3.76. The van der Waals surface area contributed by atoms with Crippen LogP contribution in [0.5, 0.6) is 0 Å². The van der Waals surface area contributed by atoms with Crippen LogP contribution < -0.4 is 10.0 Å². The molecule has 12 heteroatoms. The predicted octanol–water partition coefficient (Wildman–Crippen LogP) is -0.242. The van der Waals surface area contributed by atoms with E-state index in [0.29, 0.717) is 6.54 Å². The number of nitrogens with zero attached hydrogens (tertiary/aromatic N) is 3. The average Bonchev–Trinajstić information content (AvgIpc) is 3.08. The van der Waals surface area contributed by atoms with Crippen LogP contribution in [-0.2, 0) is 19.6 Å². The number of carbonyl (C=O) groups excluding carboxylic acids is 2. The minimum Gasteiger partial charge on any atom is -0.443 e. The first-order valence-corrected chi connectivity index (χ1v) is 9.23. The molecule has 1 saturated heterocycles. The number of cyclic esters (lactones) is 1. The number of nitrogens with one attached hydrogen (secondary N) is 2. The molecule has 23 heavy (non-hydrogen) atoms. The van der Waals surface area contributed by atoms with Crippen molar-refractivity contribution < 1.29 is 22.7 Å². The molecule has 3 rings (SSSR count). The Kier molecular flexibility index (Phi) is 4.21. The molecular formula is C11H15N5O5S2. The molecule has 2 heterocycles. The highest BCUT2D eigenvalue weighted by Gasteiger charge is 2.41. The number of sulfonamides is 1. The molecule has 0 radical (unpaired) electrons. The summed E-state index contributed by atoms with van der Waals surface area (Å²) in [7, 11) is -3.87. The topological polar surface area (TPSA) is 131 Å². The summed E-state index contributed by atoms with van der Waals surface area (Å²) in [4.78, 5) is 24.2. The van der Waals surface area contributed by atoms with Crippen molar-refractivity contribution >= 4 is 38.5 Å². The molecule has 2 aliphatic rings. The van der Waals surface area contributed by atoms with Gasteiger partial charge in [-0.2, -0.15) is 0 Å². The van der Waals surface area contributed by atoms with Crippen LogP contribution >= 0.6 is 11.3 Å². The molecule has 0 spiro atoms. The van der Waals surface area contributed by atoms with E-state index in [4.69, 9.17) is 4.74 Å². The van der Waals surface area contributed by atoms with Crippen LogP contribution in [0.15, 0.2) is 4.34 Å². The lowest BCUT2D eigenvalue weighted by Crippen LogP contribution is -2.35. The Morgan fingerprint density at radius 3 is 2.83 bits per heavy atom. The normalized spacial score (nSPS) is 21.3. The quantitative estimate of drug-likeness (QED) is 0.669. The predicted molar refractivity (Wildman–Crippen MR) is 79.4 cm³/mol. The van der Waals surface area contributed by atoms with Gasteiger partial charge in [0, 0.05) is 19.5 Å². The Morgan fingerprint density at radius 1 is 1.43 bits per heavy atom. The zero-order valence-electron chi connectivity index (χ0n) is 12.2. The van der Waals surface area contributed by atoms with Crippen LogP contribution in [0.1, 0.15) is 19.8 Å². The molecule has 2 fully saturated rings. The van der Waals surface area contributed by atoms with Crippen molar-refractivity contribution in [3.63, 3.8) is 0 Å². The van der Waals surface area contributed by atoms with Gasteiger partial charge in [0.15, 0.2) is 0 Å². The molecule has 2 N–H and O–H groups in total. The summed E-state index contributed by atoms with van der Waals surface area (Å²) in [6.45, 7) is 1.62. The summed E-state index contributed by atoms with van der Waals surface area (Å²) in [6.07, 6.45) is 0.996. The largest absolute Gasteiger partial charge is 0.443 e. The van der Waals surface area contributed by atoms with Crippen molar-refractivity contribution in [3.8, 4) is 0 Å². The van der Waals surface area contributed by atoms with E-state index in [0.717, 1.165) is 24.2 Å². The van der Waals surface area contributed by atoms with Gasteiger partial charge >= 0.3 is 6.09 Å². The number of hydrogen-bond donors (Lipinski definition) is 2. The van der Waals surface area contributed by atoms with Gasteiger partial charge in [-0.05, 0) is 12.8 Å². The average molecular weight is 361 g/mol. The van der Waals surface area contributed by atoms with Gasteiger partial charge in [-0.15, -0.1) is 10.2 Å². The van der Waals surface area contributed by atoms with Gasteiger partial charge in [0.05, 0.1) is 6.54 Å². The smallest absolute Gasteiger partial charge is 0.410 e. The van der Waals surface area contributed by atoms with E-state index in [9.17, 15) is 18.0 Å². The minimum absolute atomic E-state index is 0.0354. The lowest BCUT2D eigenvalue weighted by Gasteiger charge is -2.10. The first kappa shape index (κ1) is 16.1. The molecule has 1 unspecified atom stereocenters. The molecule has 1 aliphatic carbocycles. The molecule has 1 aliphatic heterocycles. The Balaban J connectivity index is 1.57. The maximum Gasteiger partial charge on any atom is 0.410 e. The highest BCUT2D eigenvalue weighted by Crippen LogP contribution is 2.30. The number of rotatable bonds is 6. The molecule has 1 aromatic rings. The van der Waals surface area contributed by atoms with Crippen LogP contribution in [0.2, 0.25) is 0 Å². The Labute approximate surface area is 136 Å². The molecule has 10 nitrogen and oxygen atoms in total. The fraction of sp³-hybridized carbons (Fsp3) is 0.636. The van der Waals surface area contributed by atoms with Gasteiger partial charge in [0.2, 0.25) is 15.4 Å². The highest BCUT2D eigenvalue weighted by atomic mass is 32.2. The maximum absolute atomic E-state index is 12.1. The third-order valence-electron chi connectivity index (χ3n) is 3.31. The van der Waals surface area contributed by atoms with Crippen molar-refractivity contribution in [2.24, 2.45) is 0 Å². The van der Waals surface area contributed by atoms with Crippen LogP contribution in [0.3, 0.4) is 0 Å². The summed E-state index contributed by atoms with van der Waals surface area (Å²) >= 11 is 0.744. The van der Waals surface area contributed by atoms with Gasteiger partial charge in [-0.3, -0.25) is 4.79 Å². The fourth-order valence-electron chi connectivity index (χ4n) is 2.12. The molecule has 126 valence electrons. The SMILES string of the molecule is CC(=O)Nc1nnc(S(=O)(=O)NCC2CN(C3CC3)C(=O)O2)s1. The Bertz CT molecular complexity index is 729. The monoisotopic (exact) mass is 361 g/mol. The maximum atomic E-state index is 12.1. The summed E-state index contributed by atoms with van der Waals surface area (Å²) in [6, 6.07) is 0.229. The van der Waals surface area contributed by atoms with Crippen molar-refractivity contribution in [1.29, 1.82) is 0 Å². The highest BCUT2D eigenvalue weighted by molar-refractivity contribution is 7.91. The van der Waals surface area contributed by atoms with Crippen LogP contribution in [0.25, 0.3) is 0 Å². The van der Waals surface area contributed by atoms with E-state index in [2.05, 4.69) is 20.2 Å². The lowest BCUT2D eigenvalue weighted by atomic mass is 10.3. The fourth-order valence-corrected chi connectivity index (χ4v) is 4.17. The third-order valence-corrected chi connectivity index (χ3v) is 5.94. The van der Waals surface area contributed by atoms with Crippen molar-refractivity contribution in [2.75, 3.05) is 18.4 Å². The number of aromatic nitrogens is 2. The molecule has 1 aromatic heterocycles. The van der Waals surface area contributed by atoms with E-state index in [1.807, 2.05) is 0 Å². The summed E-state index contributed by atoms with van der Waals surface area (Å²) in [5.41, 5.74) is 0. The second-order valence-electron chi connectivity index (χ2n) is 5.30. The van der Waals surface area contributed by atoms with E-state index >= 15 is 0 Å². The summed E-state index contributed by atoms with van der Waals surface area (Å²) < 4.78 is 31.5. The second-order valence-corrected chi connectivity index (χ2v) is 8.21. The standard InChI is InChI=1S/C11H15N5O5S2/c1-6(17)13-9-14-15-10(22-9)23(19,20)12-4-8-5-16(7-2-3-7)11(18)21-8/h7-8,12H,2-5H2,1H3,(H,13,14,17). The number of hydrogen-bond acceptors (Lipinski definition) is 8. The number of carbonyl (C=O) groups is 2. The van der Waals surface area contributed by atoms with Crippen molar-refractivity contribution in [2.45, 2.75) is 36.3 Å². The van der Waals surface area contributed by atoms with Crippen LogP contribution in [0.4, 0.5) is 9.93 Å². The van der Waals surface area contributed by atoms with E-state index in [1.54, 1.807) is 4.90 Å². The molecule has 1 atom stereocenters. The van der Waals surface area contributed by atoms with E-state index < -0.39 is 22.2 Å². The first-order chi connectivity index (χ1) is 10.8. The van der Waals surface area contributed by atoms with Crippen molar-refractivity contribution in [3.05, 3.63) is 0 Å². The van der Waals surface area contributed by atoms with Crippen molar-refractivity contribution in [1.82, 2.24) is 19.8 Å². The summed E-state index contributed by atoms with van der Waals surface area (Å²) in [5.74, 6) is -0.365. The summed E-state index contributed by atoms with van der Waals surface area (Å²) in [5, 5.41) is 9.59. The van der Waals surface area contributed by atoms with Gasteiger partial charge < -0.3 is 15.0 Å². The van der Waals surface area contributed by atoms with Gasteiger partial charge in [0.25, 0.3) is 10.0 Å². The molecule has 1 saturated carbocycles. The van der Waals surface area contributed by atoms with Crippen LogP contribution in [0, 0.1) is 0 Å². The Hall–Kier alpha value is -1.79. The number of amides is 2. The van der Waals surface area contributed by atoms with E-state index in [-0.39, 0.29) is 28.0 Å². The number of ether oxygens (including phenoxy) is 1. The Morgan fingerprint density at radius 2 is 2.17 bits per heavy atom. The molecule has 0 bridgehead atoms. The van der Waals surface area contributed by atoms with Gasteiger partial charge in [-0.1, -0.05) is 11.3 Å². The van der Waals surface area contributed by atoms with Gasteiger partial charge in [0.1, 0.15) is 6.10 Å². The zero-order chi connectivity index (χ0) is 16.6. The molecule has 0 aromatic carbocycles. The molecule has 2 amide bonds. The lowest BCUT2D eigenvalue weighted by molar-refractivity contribution is -0.114. The second kappa shape index (κ2) is 6.02. The zero-order valence-corrected chi connectivity index (χ0v) is 13.8. The van der Waals surface area contributed by atoms with Gasteiger partial charge in [-0.25, -0.2) is 17.9 Å². The first-order valence-electron chi connectivity index (χ1n) is 6.93. The van der Waals surface area contributed by atoms with E-state index in [1.165, 1.54) is 6.92 Å². The molecular weight excluding hydrogens is 346 g/mol. The minimum atomic E-state index is -3.87.